The van der Waals surface area contributed by atoms with Crippen molar-refractivity contribution in [2.75, 3.05) is 0 Å². The van der Waals surface area contributed by atoms with E-state index in [9.17, 15) is 4.79 Å². The van der Waals surface area contributed by atoms with E-state index in [0.29, 0.717) is 0 Å². The highest BCUT2D eigenvalue weighted by Gasteiger charge is 2.14. The van der Waals surface area contributed by atoms with Crippen molar-refractivity contribution in [3.63, 3.8) is 0 Å². The average Bonchev–Trinajstić information content (AvgIpc) is 2.34. The molecule has 2 nitrogen and oxygen atoms in total. The molecule has 0 aliphatic carbocycles. The van der Waals surface area contributed by atoms with Gasteiger partial charge in [0, 0.05) is 4.88 Å². The molecule has 0 spiro atoms. The molecule has 0 radical (unpaired) electrons. The van der Waals surface area contributed by atoms with Crippen LogP contribution in [0, 0.1) is 0 Å². The highest BCUT2D eigenvalue weighted by molar-refractivity contribution is 9.11. The van der Waals surface area contributed by atoms with Crippen LogP contribution in [0.15, 0.2) is 15.9 Å². The number of rotatable bonds is 2. The maximum atomic E-state index is 10.5. The summed E-state index contributed by atoms with van der Waals surface area (Å²) in [4.78, 5) is 11.4. The predicted molar refractivity (Wildman–Crippen MR) is 48.1 cm³/mol. The lowest BCUT2D eigenvalue weighted by atomic mass is 10.1. The first-order valence-corrected chi connectivity index (χ1v) is 4.70. The third kappa shape index (κ3) is 2.04. The van der Waals surface area contributed by atoms with Crippen LogP contribution in [0.3, 0.4) is 0 Å². The van der Waals surface area contributed by atoms with E-state index in [1.54, 1.807) is 6.92 Å². The van der Waals surface area contributed by atoms with E-state index in [4.69, 9.17) is 5.11 Å². The van der Waals surface area contributed by atoms with Crippen LogP contribution in [0.5, 0.6) is 0 Å². The zero-order valence-corrected chi connectivity index (χ0v) is 8.28. The SMILES string of the molecule is C[C@H](C(=O)O)c1ccc(Br)s1. The predicted octanol–water partition coefficient (Wildman–Crippen LogP) is 2.70. The fraction of sp³-hybridized carbons (Fsp3) is 0.286. The molecule has 0 aromatic carbocycles. The number of hydrogen-bond donors (Lipinski definition) is 1. The van der Waals surface area contributed by atoms with Gasteiger partial charge in [-0.05, 0) is 35.0 Å². The smallest absolute Gasteiger partial charge is 0.311 e. The van der Waals surface area contributed by atoms with Crippen molar-refractivity contribution >= 4 is 33.2 Å². The second-order valence-electron chi connectivity index (χ2n) is 2.20. The summed E-state index contributed by atoms with van der Waals surface area (Å²) in [7, 11) is 0. The van der Waals surface area contributed by atoms with E-state index in [1.165, 1.54) is 11.3 Å². The standard InChI is InChI=1S/C7H7BrO2S/c1-4(7(9)10)5-2-3-6(8)11-5/h2-4H,1H3,(H,9,10)/t4-/m0/s1. The second kappa shape index (κ2) is 3.36. The summed E-state index contributed by atoms with van der Waals surface area (Å²) in [5.74, 6) is -1.18. The van der Waals surface area contributed by atoms with Crippen LogP contribution in [0.25, 0.3) is 0 Å². The highest BCUT2D eigenvalue weighted by atomic mass is 79.9. The van der Waals surface area contributed by atoms with Crippen LogP contribution in [0.1, 0.15) is 17.7 Å². The minimum atomic E-state index is -0.778. The van der Waals surface area contributed by atoms with Crippen molar-refractivity contribution in [2.24, 2.45) is 0 Å². The van der Waals surface area contributed by atoms with Gasteiger partial charge in [-0.1, -0.05) is 0 Å². The lowest BCUT2D eigenvalue weighted by Crippen LogP contribution is -2.04. The van der Waals surface area contributed by atoms with Gasteiger partial charge in [0.05, 0.1) is 9.70 Å². The number of carbonyl (C=O) groups is 1. The fourth-order valence-corrected chi connectivity index (χ4v) is 2.15. The Labute approximate surface area is 77.0 Å². The van der Waals surface area contributed by atoms with Gasteiger partial charge in [-0.2, -0.15) is 0 Å². The van der Waals surface area contributed by atoms with Gasteiger partial charge in [0.15, 0.2) is 0 Å². The Hall–Kier alpha value is -0.350. The summed E-state index contributed by atoms with van der Waals surface area (Å²) < 4.78 is 0.973. The first-order chi connectivity index (χ1) is 5.11. The van der Waals surface area contributed by atoms with E-state index >= 15 is 0 Å². The molecule has 60 valence electrons. The second-order valence-corrected chi connectivity index (χ2v) is 4.70. The van der Waals surface area contributed by atoms with Crippen LogP contribution in [-0.2, 0) is 4.79 Å². The molecule has 1 aromatic heterocycles. The summed E-state index contributed by atoms with van der Waals surface area (Å²) in [6.45, 7) is 1.68. The van der Waals surface area contributed by atoms with Crippen LogP contribution < -0.4 is 0 Å². The van der Waals surface area contributed by atoms with Gasteiger partial charge >= 0.3 is 5.97 Å². The molecule has 0 amide bonds. The third-order valence-electron chi connectivity index (χ3n) is 1.39. The van der Waals surface area contributed by atoms with Gasteiger partial charge in [-0.15, -0.1) is 11.3 Å². The first-order valence-electron chi connectivity index (χ1n) is 3.09. The van der Waals surface area contributed by atoms with Crippen molar-refractivity contribution in [3.8, 4) is 0 Å². The van der Waals surface area contributed by atoms with Crippen molar-refractivity contribution < 1.29 is 9.90 Å². The van der Waals surface area contributed by atoms with Gasteiger partial charge in [-0.3, -0.25) is 4.79 Å². The van der Waals surface area contributed by atoms with E-state index in [2.05, 4.69) is 15.9 Å². The Balaban J connectivity index is 2.84. The summed E-state index contributed by atoms with van der Waals surface area (Å²) in [6, 6.07) is 3.69. The molecule has 1 atom stereocenters. The van der Waals surface area contributed by atoms with Gasteiger partial charge in [-0.25, -0.2) is 0 Å². The Morgan fingerprint density at radius 3 is 2.73 bits per heavy atom. The Morgan fingerprint density at radius 2 is 2.36 bits per heavy atom. The number of hydrogen-bond acceptors (Lipinski definition) is 2. The van der Waals surface area contributed by atoms with Crippen molar-refractivity contribution in [1.29, 1.82) is 0 Å². The molecule has 0 aliphatic rings. The van der Waals surface area contributed by atoms with E-state index < -0.39 is 11.9 Å². The zero-order valence-electron chi connectivity index (χ0n) is 5.87. The molecule has 0 saturated carbocycles. The molecule has 1 aromatic rings. The Morgan fingerprint density at radius 1 is 1.73 bits per heavy atom. The Kier molecular flexibility index (Phi) is 2.67. The summed E-state index contributed by atoms with van der Waals surface area (Å²) in [5, 5.41) is 8.64. The number of aliphatic carboxylic acids is 1. The van der Waals surface area contributed by atoms with Gasteiger partial charge in [0.25, 0.3) is 0 Å². The number of carboxylic acids is 1. The summed E-state index contributed by atoms with van der Waals surface area (Å²) >= 11 is 4.74. The minimum absolute atomic E-state index is 0.397. The van der Waals surface area contributed by atoms with Crippen LogP contribution >= 0.6 is 27.3 Å². The zero-order chi connectivity index (χ0) is 8.43. The molecule has 0 fully saturated rings. The van der Waals surface area contributed by atoms with Crippen LogP contribution in [-0.4, -0.2) is 11.1 Å². The first kappa shape index (κ1) is 8.74. The van der Waals surface area contributed by atoms with Crippen molar-refractivity contribution in [1.82, 2.24) is 0 Å². The minimum Gasteiger partial charge on any atom is -0.481 e. The molecular weight excluding hydrogens is 228 g/mol. The molecule has 11 heavy (non-hydrogen) atoms. The molecule has 0 bridgehead atoms. The molecule has 0 unspecified atom stereocenters. The van der Waals surface area contributed by atoms with Gasteiger partial charge in [0.1, 0.15) is 0 Å². The Bertz CT molecular complexity index is 269. The molecule has 4 heteroatoms. The molecule has 1 rings (SSSR count). The van der Waals surface area contributed by atoms with Crippen LogP contribution in [0.4, 0.5) is 0 Å². The van der Waals surface area contributed by atoms with Gasteiger partial charge in [0.2, 0.25) is 0 Å². The monoisotopic (exact) mass is 234 g/mol. The largest absolute Gasteiger partial charge is 0.481 e. The van der Waals surface area contributed by atoms with Gasteiger partial charge < -0.3 is 5.11 Å². The average molecular weight is 235 g/mol. The van der Waals surface area contributed by atoms with Crippen molar-refractivity contribution in [2.45, 2.75) is 12.8 Å². The van der Waals surface area contributed by atoms with Crippen molar-refractivity contribution in [3.05, 3.63) is 20.8 Å². The molecular formula is C7H7BrO2S. The number of thiophene rings is 1. The lowest BCUT2D eigenvalue weighted by molar-refractivity contribution is -0.138. The quantitative estimate of drug-likeness (QED) is 0.855. The summed E-state index contributed by atoms with van der Waals surface area (Å²) in [5.41, 5.74) is 0. The number of halogens is 1. The van der Waals surface area contributed by atoms with E-state index in [-0.39, 0.29) is 0 Å². The number of carboxylic acid groups (broad SMARTS) is 1. The third-order valence-corrected chi connectivity index (χ3v) is 3.20. The fourth-order valence-electron chi connectivity index (χ4n) is 0.683. The lowest BCUT2D eigenvalue weighted by Gasteiger charge is -1.99. The van der Waals surface area contributed by atoms with E-state index in [0.717, 1.165) is 8.66 Å². The molecule has 1 N–H and O–H groups in total. The molecule has 0 saturated heterocycles. The highest BCUT2D eigenvalue weighted by Crippen LogP contribution is 2.28. The molecule has 1 heterocycles. The molecule has 0 aliphatic heterocycles. The topological polar surface area (TPSA) is 37.3 Å². The normalized spacial score (nSPS) is 12.9. The van der Waals surface area contributed by atoms with Crippen LogP contribution in [0.2, 0.25) is 0 Å². The van der Waals surface area contributed by atoms with E-state index in [1.807, 2.05) is 12.1 Å². The summed E-state index contributed by atoms with van der Waals surface area (Å²) in [6.07, 6.45) is 0. The maximum absolute atomic E-state index is 10.5. The maximum Gasteiger partial charge on any atom is 0.311 e.